The maximum Gasteiger partial charge on any atom is 0.278 e. The number of para-hydroxylation sites is 1. The van der Waals surface area contributed by atoms with E-state index < -0.39 is 0 Å². The summed E-state index contributed by atoms with van der Waals surface area (Å²) in [5.41, 5.74) is 1.01. The van der Waals surface area contributed by atoms with Gasteiger partial charge in [-0.25, -0.2) is 0 Å². The van der Waals surface area contributed by atoms with Gasteiger partial charge < -0.3 is 5.32 Å². The van der Waals surface area contributed by atoms with Crippen molar-refractivity contribution >= 4 is 23.4 Å². The van der Waals surface area contributed by atoms with Crippen molar-refractivity contribution in [1.29, 1.82) is 0 Å². The molecule has 7 heteroatoms. The van der Waals surface area contributed by atoms with Gasteiger partial charge in [-0.2, -0.15) is 0 Å². The number of unbranched alkanes of at least 4 members (excludes halogenated alkanes) is 4. The molecule has 2 N–H and O–H groups in total. The second kappa shape index (κ2) is 9.98. The fraction of sp³-hybridized carbons (Fsp3) is 0.444. The summed E-state index contributed by atoms with van der Waals surface area (Å²) in [6.45, 7) is 3.62. The third-order valence-electron chi connectivity index (χ3n) is 3.66. The third kappa shape index (κ3) is 6.01. The van der Waals surface area contributed by atoms with Crippen LogP contribution in [0.25, 0.3) is 11.3 Å². The van der Waals surface area contributed by atoms with Gasteiger partial charge in [0.15, 0.2) is 10.9 Å². The summed E-state index contributed by atoms with van der Waals surface area (Å²) in [4.78, 5) is 26.5. The number of hydrogen-bond donors (Lipinski definition) is 2. The zero-order valence-corrected chi connectivity index (χ0v) is 15.5. The molecule has 1 aromatic carbocycles. The Balaban J connectivity index is 2.05. The predicted molar refractivity (Wildman–Crippen MR) is 102 cm³/mol. The summed E-state index contributed by atoms with van der Waals surface area (Å²) in [5, 5.41) is 11.4. The molecule has 0 radical (unpaired) electrons. The smallest absolute Gasteiger partial charge is 0.278 e. The first-order valence-corrected chi connectivity index (χ1v) is 9.57. The van der Waals surface area contributed by atoms with E-state index in [2.05, 4.69) is 27.4 Å². The largest absolute Gasteiger partial charge is 0.326 e. The van der Waals surface area contributed by atoms with Gasteiger partial charge in [-0.1, -0.05) is 62.6 Å². The summed E-state index contributed by atoms with van der Waals surface area (Å²) < 4.78 is 0. The van der Waals surface area contributed by atoms with Crippen molar-refractivity contribution < 1.29 is 4.79 Å². The highest BCUT2D eigenvalue weighted by molar-refractivity contribution is 7.99. The second-order valence-electron chi connectivity index (χ2n) is 5.80. The Hall–Kier alpha value is -2.15. The Morgan fingerprint density at radius 3 is 2.64 bits per heavy atom. The van der Waals surface area contributed by atoms with Crippen LogP contribution in [0.15, 0.2) is 34.2 Å². The molecule has 2 aromatic rings. The van der Waals surface area contributed by atoms with E-state index in [1.165, 1.54) is 44.4 Å². The summed E-state index contributed by atoms with van der Waals surface area (Å²) >= 11 is 1.51. The van der Waals surface area contributed by atoms with Gasteiger partial charge in [0, 0.05) is 18.2 Å². The maximum absolute atomic E-state index is 12.4. The molecular weight excluding hydrogens is 336 g/mol. The quantitative estimate of drug-likeness (QED) is 0.524. The topological polar surface area (TPSA) is 87.7 Å². The molecule has 2 rings (SSSR count). The van der Waals surface area contributed by atoms with E-state index in [0.717, 1.165) is 12.2 Å². The average Bonchev–Trinajstić information content (AvgIpc) is 2.58. The normalized spacial score (nSPS) is 10.6. The van der Waals surface area contributed by atoms with Crippen molar-refractivity contribution in [3.05, 3.63) is 34.6 Å². The zero-order valence-electron chi connectivity index (χ0n) is 14.7. The van der Waals surface area contributed by atoms with E-state index in [0.29, 0.717) is 16.4 Å². The highest BCUT2D eigenvalue weighted by Crippen LogP contribution is 2.24. The molecule has 134 valence electrons. The molecule has 0 aliphatic rings. The van der Waals surface area contributed by atoms with Crippen molar-refractivity contribution in [2.75, 3.05) is 11.1 Å². The molecule has 0 aliphatic carbocycles. The summed E-state index contributed by atoms with van der Waals surface area (Å²) in [5.74, 6) is 0.711. The first-order chi connectivity index (χ1) is 12.1. The number of thioether (sulfide) groups is 1. The van der Waals surface area contributed by atoms with E-state index in [1.807, 2.05) is 0 Å². The van der Waals surface area contributed by atoms with Crippen molar-refractivity contribution in [3.63, 3.8) is 0 Å². The van der Waals surface area contributed by atoms with Gasteiger partial charge in [-0.05, 0) is 12.5 Å². The first-order valence-electron chi connectivity index (χ1n) is 8.58. The Morgan fingerprint density at radius 2 is 1.92 bits per heavy atom. The minimum Gasteiger partial charge on any atom is -0.326 e. The molecule has 0 bridgehead atoms. The lowest BCUT2D eigenvalue weighted by Crippen LogP contribution is -2.16. The molecule has 0 aliphatic heterocycles. The van der Waals surface area contributed by atoms with E-state index >= 15 is 0 Å². The van der Waals surface area contributed by atoms with Crippen molar-refractivity contribution in [2.45, 2.75) is 51.1 Å². The highest BCUT2D eigenvalue weighted by Gasteiger charge is 2.12. The van der Waals surface area contributed by atoms with Gasteiger partial charge in [0.25, 0.3) is 5.56 Å². The van der Waals surface area contributed by atoms with Gasteiger partial charge in [-0.3, -0.25) is 14.6 Å². The summed E-state index contributed by atoms with van der Waals surface area (Å²) in [6.07, 6.45) is 6.04. The van der Waals surface area contributed by atoms with Crippen LogP contribution in [0.5, 0.6) is 0 Å². The van der Waals surface area contributed by atoms with Gasteiger partial charge in [0.2, 0.25) is 5.91 Å². The van der Waals surface area contributed by atoms with Gasteiger partial charge >= 0.3 is 0 Å². The molecule has 0 saturated carbocycles. The molecule has 6 nitrogen and oxygen atoms in total. The average molecular weight is 360 g/mol. The van der Waals surface area contributed by atoms with Crippen molar-refractivity contribution in [1.82, 2.24) is 15.2 Å². The van der Waals surface area contributed by atoms with Gasteiger partial charge in [0.1, 0.15) is 0 Å². The number of carbonyl (C=O) groups excluding carboxylic acids is 1. The lowest BCUT2D eigenvalue weighted by molar-refractivity contribution is -0.114. The number of nitrogens with zero attached hydrogens (tertiary/aromatic N) is 2. The molecule has 1 amide bonds. The van der Waals surface area contributed by atoms with E-state index in [-0.39, 0.29) is 17.2 Å². The van der Waals surface area contributed by atoms with Crippen LogP contribution < -0.4 is 10.9 Å². The molecule has 1 aromatic heterocycles. The Labute approximate surface area is 151 Å². The van der Waals surface area contributed by atoms with E-state index in [1.54, 1.807) is 24.3 Å². The number of aromatic nitrogens is 3. The minimum atomic E-state index is -0.304. The number of amides is 1. The second-order valence-corrected chi connectivity index (χ2v) is 6.88. The van der Waals surface area contributed by atoms with Crippen LogP contribution >= 0.6 is 11.8 Å². The monoisotopic (exact) mass is 360 g/mol. The number of nitrogens with one attached hydrogen (secondary N) is 2. The predicted octanol–water partition coefficient (Wildman–Crippen LogP) is 3.85. The molecule has 0 saturated heterocycles. The number of anilines is 1. The number of H-pyrrole nitrogens is 1. The molecule has 0 fully saturated rings. The molecule has 0 atom stereocenters. The fourth-order valence-electron chi connectivity index (χ4n) is 2.43. The molecule has 1 heterocycles. The lowest BCUT2D eigenvalue weighted by atomic mass is 10.1. The van der Waals surface area contributed by atoms with Crippen LogP contribution in [0.4, 0.5) is 5.69 Å². The summed E-state index contributed by atoms with van der Waals surface area (Å²) in [6, 6.07) is 7.06. The van der Waals surface area contributed by atoms with Crippen LogP contribution in [-0.4, -0.2) is 26.8 Å². The van der Waals surface area contributed by atoms with E-state index in [9.17, 15) is 9.59 Å². The standard InChI is InChI=1S/C18H24N4O2S/c1-3-4-5-6-9-12-25-18-20-17(24)16(21-22-18)14-10-7-8-11-15(14)19-13(2)23/h7-8,10-11H,3-6,9,12H2,1-2H3,(H,19,23)(H,20,22,24). The van der Waals surface area contributed by atoms with Crippen LogP contribution in [0.1, 0.15) is 46.0 Å². The molecule has 0 spiro atoms. The fourth-order valence-corrected chi connectivity index (χ4v) is 3.23. The number of rotatable bonds is 9. The van der Waals surface area contributed by atoms with Crippen LogP contribution in [0.2, 0.25) is 0 Å². The Morgan fingerprint density at radius 1 is 1.16 bits per heavy atom. The molecule has 25 heavy (non-hydrogen) atoms. The molecule has 0 unspecified atom stereocenters. The SMILES string of the molecule is CCCCCCCSc1nnc(-c2ccccc2NC(C)=O)c(=O)[nH]1. The lowest BCUT2D eigenvalue weighted by Gasteiger charge is -2.08. The van der Waals surface area contributed by atoms with Crippen LogP contribution in [0.3, 0.4) is 0 Å². The first kappa shape index (κ1) is 19.2. The maximum atomic E-state index is 12.4. The van der Waals surface area contributed by atoms with Crippen molar-refractivity contribution in [2.24, 2.45) is 0 Å². The molecular formula is C18H24N4O2S. The highest BCUT2D eigenvalue weighted by atomic mass is 32.2. The Bertz CT molecular complexity index is 761. The minimum absolute atomic E-state index is 0.202. The van der Waals surface area contributed by atoms with Crippen LogP contribution in [0, 0.1) is 0 Å². The van der Waals surface area contributed by atoms with Gasteiger partial charge in [-0.15, -0.1) is 10.2 Å². The van der Waals surface area contributed by atoms with Gasteiger partial charge in [0.05, 0.1) is 5.69 Å². The number of benzene rings is 1. The Kier molecular flexibility index (Phi) is 7.66. The number of aromatic amines is 1. The number of hydrogen-bond acceptors (Lipinski definition) is 5. The summed E-state index contributed by atoms with van der Waals surface area (Å²) in [7, 11) is 0. The third-order valence-corrected chi connectivity index (χ3v) is 4.61. The zero-order chi connectivity index (χ0) is 18.1. The van der Waals surface area contributed by atoms with Crippen molar-refractivity contribution in [3.8, 4) is 11.3 Å². The van der Waals surface area contributed by atoms with E-state index in [4.69, 9.17) is 0 Å². The van der Waals surface area contributed by atoms with Crippen LogP contribution in [-0.2, 0) is 4.79 Å². The number of carbonyl (C=O) groups is 1.